The highest BCUT2D eigenvalue weighted by Gasteiger charge is 2.18. The lowest BCUT2D eigenvalue weighted by Crippen LogP contribution is -1.95. The van der Waals surface area contributed by atoms with Gasteiger partial charge in [0.15, 0.2) is 5.82 Å². The average Bonchev–Trinajstić information content (AvgIpc) is 3.07. The van der Waals surface area contributed by atoms with Crippen molar-refractivity contribution >= 4 is 17.6 Å². The lowest BCUT2D eigenvalue weighted by Gasteiger charge is -2.04. The van der Waals surface area contributed by atoms with Crippen LogP contribution in [-0.4, -0.2) is 25.6 Å². The van der Waals surface area contributed by atoms with E-state index in [0.29, 0.717) is 17.3 Å². The van der Waals surface area contributed by atoms with Crippen LogP contribution >= 0.6 is 11.8 Å². The molecule has 3 N–H and O–H groups in total. The molecule has 0 aliphatic heterocycles. The molecule has 0 spiro atoms. The number of hydrogen-bond acceptors (Lipinski definition) is 6. The second kappa shape index (κ2) is 5.01. The summed E-state index contributed by atoms with van der Waals surface area (Å²) >= 11 is 1.91. The average molecular weight is 265 g/mol. The first-order valence-corrected chi connectivity index (χ1v) is 7.11. The Kier molecular flexibility index (Phi) is 3.22. The summed E-state index contributed by atoms with van der Waals surface area (Å²) in [5.41, 5.74) is 6.37. The van der Waals surface area contributed by atoms with Crippen LogP contribution in [0.1, 0.15) is 31.5 Å². The highest BCUT2D eigenvalue weighted by molar-refractivity contribution is 7.99. The van der Waals surface area contributed by atoms with Crippen LogP contribution in [0, 0.1) is 0 Å². The number of hydrogen-bond donors (Lipinski definition) is 2. The Morgan fingerprint density at radius 1 is 1.44 bits per heavy atom. The highest BCUT2D eigenvalue weighted by atomic mass is 32.2. The fraction of sp³-hybridized carbons (Fsp3) is 0.545. The molecule has 0 unspecified atom stereocenters. The van der Waals surface area contributed by atoms with E-state index in [-0.39, 0.29) is 0 Å². The van der Waals surface area contributed by atoms with E-state index in [1.807, 2.05) is 11.8 Å². The van der Waals surface area contributed by atoms with E-state index < -0.39 is 0 Å². The molecule has 1 aliphatic carbocycles. The summed E-state index contributed by atoms with van der Waals surface area (Å²) in [5.74, 6) is 2.41. The van der Waals surface area contributed by atoms with Crippen LogP contribution in [0.25, 0.3) is 11.5 Å². The van der Waals surface area contributed by atoms with Gasteiger partial charge in [-0.05, 0) is 12.8 Å². The van der Waals surface area contributed by atoms with Gasteiger partial charge >= 0.3 is 0 Å². The van der Waals surface area contributed by atoms with Gasteiger partial charge in [0.25, 0.3) is 5.89 Å². The van der Waals surface area contributed by atoms with E-state index in [2.05, 4.69) is 20.3 Å². The van der Waals surface area contributed by atoms with Crippen LogP contribution in [0.2, 0.25) is 0 Å². The van der Waals surface area contributed by atoms with Crippen molar-refractivity contribution in [2.24, 2.45) is 0 Å². The molecule has 2 aromatic rings. The van der Waals surface area contributed by atoms with Crippen molar-refractivity contribution in [1.29, 1.82) is 0 Å². The quantitative estimate of drug-likeness (QED) is 0.880. The number of nitrogens with zero attached hydrogens (tertiary/aromatic N) is 3. The minimum absolute atomic E-state index is 0.434. The van der Waals surface area contributed by atoms with E-state index >= 15 is 0 Å². The third kappa shape index (κ3) is 2.35. The third-order valence-corrected chi connectivity index (χ3v) is 4.49. The zero-order chi connectivity index (χ0) is 12.4. The molecule has 96 valence electrons. The molecule has 0 amide bonds. The molecule has 0 aromatic carbocycles. The van der Waals surface area contributed by atoms with Gasteiger partial charge in [-0.2, -0.15) is 21.8 Å². The summed E-state index contributed by atoms with van der Waals surface area (Å²) in [5, 5.41) is 11.2. The maximum absolute atomic E-state index is 5.70. The SMILES string of the molecule is Nc1[nH]ncc1-c1nc(CSC2CCCC2)no1. The number of rotatable bonds is 4. The van der Waals surface area contributed by atoms with Gasteiger partial charge < -0.3 is 10.3 Å². The number of H-pyrrole nitrogens is 1. The van der Waals surface area contributed by atoms with Crippen LogP contribution in [0.15, 0.2) is 10.7 Å². The minimum atomic E-state index is 0.434. The molecule has 1 aliphatic rings. The molecular formula is C11H15N5OS. The summed E-state index contributed by atoms with van der Waals surface area (Å²) in [7, 11) is 0. The summed E-state index contributed by atoms with van der Waals surface area (Å²) in [6, 6.07) is 0. The predicted molar refractivity (Wildman–Crippen MR) is 69.8 cm³/mol. The van der Waals surface area contributed by atoms with Crippen molar-refractivity contribution in [3.05, 3.63) is 12.0 Å². The van der Waals surface area contributed by atoms with Crippen LogP contribution in [-0.2, 0) is 5.75 Å². The van der Waals surface area contributed by atoms with Gasteiger partial charge in [-0.25, -0.2) is 0 Å². The summed E-state index contributed by atoms with van der Waals surface area (Å²) < 4.78 is 5.19. The molecule has 0 radical (unpaired) electrons. The molecule has 6 nitrogen and oxygen atoms in total. The molecule has 0 bridgehead atoms. The molecule has 1 fully saturated rings. The van der Waals surface area contributed by atoms with Crippen molar-refractivity contribution in [2.75, 3.05) is 5.73 Å². The van der Waals surface area contributed by atoms with Crippen LogP contribution in [0.4, 0.5) is 5.82 Å². The second-order valence-electron chi connectivity index (χ2n) is 4.43. The van der Waals surface area contributed by atoms with E-state index in [0.717, 1.165) is 16.8 Å². The number of nitrogen functional groups attached to an aromatic ring is 1. The van der Waals surface area contributed by atoms with Crippen LogP contribution in [0.5, 0.6) is 0 Å². The normalized spacial score (nSPS) is 16.4. The fourth-order valence-corrected chi connectivity index (χ4v) is 3.30. The van der Waals surface area contributed by atoms with Gasteiger partial charge in [0.2, 0.25) is 0 Å². The first-order valence-electron chi connectivity index (χ1n) is 6.06. The minimum Gasteiger partial charge on any atom is -0.383 e. The monoisotopic (exact) mass is 265 g/mol. The molecule has 2 heterocycles. The largest absolute Gasteiger partial charge is 0.383 e. The predicted octanol–water partition coefficient (Wildman–Crippen LogP) is 2.22. The van der Waals surface area contributed by atoms with Crippen molar-refractivity contribution in [2.45, 2.75) is 36.7 Å². The Bertz CT molecular complexity index is 517. The van der Waals surface area contributed by atoms with Gasteiger partial charge in [-0.3, -0.25) is 5.10 Å². The highest BCUT2D eigenvalue weighted by Crippen LogP contribution is 2.31. The molecule has 0 atom stereocenters. The third-order valence-electron chi connectivity index (χ3n) is 3.12. The number of anilines is 1. The fourth-order valence-electron chi connectivity index (χ4n) is 2.14. The topological polar surface area (TPSA) is 93.6 Å². The number of aromatic amines is 1. The Morgan fingerprint density at radius 3 is 3.00 bits per heavy atom. The summed E-state index contributed by atoms with van der Waals surface area (Å²) in [6.07, 6.45) is 6.91. The van der Waals surface area contributed by atoms with Crippen LogP contribution < -0.4 is 5.73 Å². The van der Waals surface area contributed by atoms with Crippen molar-refractivity contribution in [1.82, 2.24) is 20.3 Å². The lowest BCUT2D eigenvalue weighted by molar-refractivity contribution is 0.425. The number of aromatic nitrogens is 4. The van der Waals surface area contributed by atoms with Crippen LogP contribution in [0.3, 0.4) is 0 Å². The van der Waals surface area contributed by atoms with Crippen molar-refractivity contribution in [3.63, 3.8) is 0 Å². The number of nitrogens with one attached hydrogen (secondary N) is 1. The summed E-state index contributed by atoms with van der Waals surface area (Å²) in [6.45, 7) is 0. The Hall–Kier alpha value is -1.50. The number of thioether (sulfide) groups is 1. The Morgan fingerprint density at radius 2 is 2.28 bits per heavy atom. The molecular weight excluding hydrogens is 250 g/mol. The van der Waals surface area contributed by atoms with Gasteiger partial charge in [0, 0.05) is 5.25 Å². The van der Waals surface area contributed by atoms with E-state index in [9.17, 15) is 0 Å². The Labute approximate surface area is 109 Å². The molecule has 3 rings (SSSR count). The Balaban J connectivity index is 1.64. The van der Waals surface area contributed by atoms with E-state index in [1.165, 1.54) is 25.7 Å². The second-order valence-corrected chi connectivity index (χ2v) is 5.72. The molecule has 0 saturated heterocycles. The zero-order valence-corrected chi connectivity index (χ0v) is 10.7. The van der Waals surface area contributed by atoms with E-state index in [4.69, 9.17) is 10.3 Å². The maximum Gasteiger partial charge on any atom is 0.263 e. The van der Waals surface area contributed by atoms with Gasteiger partial charge in [0.05, 0.1) is 11.9 Å². The zero-order valence-electron chi connectivity index (χ0n) is 9.93. The van der Waals surface area contributed by atoms with Gasteiger partial charge in [-0.15, -0.1) is 0 Å². The first-order chi connectivity index (χ1) is 8.83. The van der Waals surface area contributed by atoms with Crippen molar-refractivity contribution < 1.29 is 4.52 Å². The molecule has 1 saturated carbocycles. The van der Waals surface area contributed by atoms with E-state index in [1.54, 1.807) is 6.20 Å². The molecule has 18 heavy (non-hydrogen) atoms. The first kappa shape index (κ1) is 11.6. The maximum atomic E-state index is 5.70. The number of nitrogens with two attached hydrogens (primary N) is 1. The summed E-state index contributed by atoms with van der Waals surface area (Å²) in [4.78, 5) is 4.34. The smallest absolute Gasteiger partial charge is 0.263 e. The van der Waals surface area contributed by atoms with Gasteiger partial charge in [0.1, 0.15) is 11.4 Å². The van der Waals surface area contributed by atoms with Crippen molar-refractivity contribution in [3.8, 4) is 11.5 Å². The molecule has 2 aromatic heterocycles. The lowest BCUT2D eigenvalue weighted by atomic mass is 10.3. The standard InChI is InChI=1S/C11H15N5OS/c12-10-8(5-13-15-10)11-14-9(16-17-11)6-18-7-3-1-2-4-7/h5,7H,1-4,6H2,(H3,12,13,15). The van der Waals surface area contributed by atoms with Gasteiger partial charge in [-0.1, -0.05) is 18.0 Å². The molecule has 7 heteroatoms.